The molecule has 2 fully saturated rings. The van der Waals surface area contributed by atoms with E-state index in [0.29, 0.717) is 38.2 Å². The quantitative estimate of drug-likeness (QED) is 0.676. The average Bonchev–Trinajstić information content (AvgIpc) is 3.40. The Morgan fingerprint density at radius 1 is 1.33 bits per heavy atom. The number of likely N-dealkylation sites (tertiary alicyclic amines) is 1. The van der Waals surface area contributed by atoms with E-state index in [1.54, 1.807) is 22.0 Å². The molecule has 1 amide bonds. The molecule has 1 saturated carbocycles. The van der Waals surface area contributed by atoms with Gasteiger partial charge in [-0.05, 0) is 37.0 Å². The zero-order valence-electron chi connectivity index (χ0n) is 16.7. The molecule has 4 rings (SSSR count). The summed E-state index contributed by atoms with van der Waals surface area (Å²) in [7, 11) is 0. The summed E-state index contributed by atoms with van der Waals surface area (Å²) in [6.07, 6.45) is 6.94. The summed E-state index contributed by atoms with van der Waals surface area (Å²) in [4.78, 5) is 17.9. The van der Waals surface area contributed by atoms with Crippen LogP contribution in [0.4, 0.5) is 8.78 Å². The third-order valence-electron chi connectivity index (χ3n) is 5.91. The van der Waals surface area contributed by atoms with Crippen LogP contribution in [-0.2, 0) is 9.53 Å². The number of aromatic nitrogens is 4. The molecule has 1 aliphatic carbocycles. The third kappa shape index (κ3) is 4.56. The second-order valence-electron chi connectivity index (χ2n) is 8.01. The summed E-state index contributed by atoms with van der Waals surface area (Å²) in [6.45, 7) is 4.79. The Morgan fingerprint density at radius 3 is 2.83 bits per heavy atom. The molecule has 2 aliphatic rings. The monoisotopic (exact) mass is 417 g/mol. The number of carbonyl (C=O) groups excluding carboxylic acids is 1. The predicted octanol–water partition coefficient (Wildman–Crippen LogP) is 3.12. The zero-order valence-corrected chi connectivity index (χ0v) is 16.7. The second-order valence-corrected chi connectivity index (χ2v) is 8.01. The van der Waals surface area contributed by atoms with E-state index >= 15 is 0 Å². The third-order valence-corrected chi connectivity index (χ3v) is 5.91. The molecular weight excluding hydrogens is 392 g/mol. The summed E-state index contributed by atoms with van der Waals surface area (Å²) < 4.78 is 34.7. The Labute approximate surface area is 173 Å². The van der Waals surface area contributed by atoms with Crippen molar-refractivity contribution >= 4 is 5.91 Å². The summed E-state index contributed by atoms with van der Waals surface area (Å²) in [6, 6.07) is 3.52. The first-order valence-corrected chi connectivity index (χ1v) is 10.2. The average molecular weight is 417 g/mol. The highest BCUT2D eigenvalue weighted by molar-refractivity contribution is 5.87. The topological polar surface area (TPSA) is 73.1 Å². The lowest BCUT2D eigenvalue weighted by molar-refractivity contribution is -0.125. The standard InChI is InChI=1S/C21H25F2N5O2/c1-2-20(29)27-12-18(28-11-17(25-26-28)16-4-3-9-24-10-16)19(13-27)30-14-15-5-7-21(22,23)8-6-15/h2-4,9-11,15,18-19H,1,5-8,12-14H2/t18-,19-/m1/s1. The van der Waals surface area contributed by atoms with Crippen molar-refractivity contribution in [2.24, 2.45) is 5.92 Å². The molecule has 3 heterocycles. The molecule has 0 bridgehead atoms. The SMILES string of the molecule is C=CC(=O)N1C[C@@H](n2cc(-c3cccnc3)nn2)[C@H](OCC2CCC(F)(F)CC2)C1. The van der Waals surface area contributed by atoms with E-state index in [-0.39, 0.29) is 36.8 Å². The lowest BCUT2D eigenvalue weighted by atomic mass is 9.87. The number of rotatable bonds is 6. The van der Waals surface area contributed by atoms with Gasteiger partial charge in [-0.25, -0.2) is 13.5 Å². The molecule has 2 aromatic heterocycles. The molecule has 7 nitrogen and oxygen atoms in total. The van der Waals surface area contributed by atoms with Crippen molar-refractivity contribution in [3.05, 3.63) is 43.4 Å². The first kappa shape index (κ1) is 20.6. The van der Waals surface area contributed by atoms with Crippen LogP contribution in [0.3, 0.4) is 0 Å². The van der Waals surface area contributed by atoms with E-state index in [1.165, 1.54) is 6.08 Å². The molecule has 2 aromatic rings. The molecule has 2 atom stereocenters. The Kier molecular flexibility index (Phi) is 5.90. The van der Waals surface area contributed by atoms with Crippen LogP contribution >= 0.6 is 0 Å². The molecule has 9 heteroatoms. The highest BCUT2D eigenvalue weighted by atomic mass is 19.3. The van der Waals surface area contributed by atoms with E-state index in [4.69, 9.17) is 4.74 Å². The minimum absolute atomic E-state index is 0.0895. The van der Waals surface area contributed by atoms with E-state index in [0.717, 1.165) is 5.56 Å². The van der Waals surface area contributed by atoms with Crippen LogP contribution in [0.5, 0.6) is 0 Å². The Morgan fingerprint density at radius 2 is 2.13 bits per heavy atom. The van der Waals surface area contributed by atoms with Gasteiger partial charge in [0.1, 0.15) is 5.69 Å². The Bertz CT molecular complexity index is 879. The first-order chi connectivity index (χ1) is 14.4. The van der Waals surface area contributed by atoms with Gasteiger partial charge in [-0.3, -0.25) is 9.78 Å². The number of nitrogens with zero attached hydrogens (tertiary/aromatic N) is 5. The smallest absolute Gasteiger partial charge is 0.248 e. The number of carbonyl (C=O) groups is 1. The van der Waals surface area contributed by atoms with Crippen molar-refractivity contribution in [1.29, 1.82) is 0 Å². The predicted molar refractivity (Wildman–Crippen MR) is 106 cm³/mol. The van der Waals surface area contributed by atoms with E-state index in [1.807, 2.05) is 18.3 Å². The minimum Gasteiger partial charge on any atom is -0.374 e. The molecular formula is C21H25F2N5O2. The summed E-state index contributed by atoms with van der Waals surface area (Å²) >= 11 is 0. The van der Waals surface area contributed by atoms with Crippen molar-refractivity contribution in [3.63, 3.8) is 0 Å². The van der Waals surface area contributed by atoms with Gasteiger partial charge in [0.05, 0.1) is 18.3 Å². The van der Waals surface area contributed by atoms with E-state index in [2.05, 4.69) is 21.9 Å². The summed E-state index contributed by atoms with van der Waals surface area (Å²) in [5, 5.41) is 8.49. The number of ether oxygens (including phenoxy) is 1. The van der Waals surface area contributed by atoms with Gasteiger partial charge in [0, 0.05) is 50.5 Å². The molecule has 0 radical (unpaired) electrons. The Hall–Kier alpha value is -2.68. The Balaban J connectivity index is 1.46. The molecule has 1 aliphatic heterocycles. The summed E-state index contributed by atoms with van der Waals surface area (Å²) in [5.74, 6) is -2.62. The van der Waals surface area contributed by atoms with Gasteiger partial charge in [-0.2, -0.15) is 0 Å². The summed E-state index contributed by atoms with van der Waals surface area (Å²) in [5.41, 5.74) is 1.53. The van der Waals surface area contributed by atoms with Gasteiger partial charge in [-0.1, -0.05) is 11.8 Å². The van der Waals surface area contributed by atoms with Gasteiger partial charge < -0.3 is 9.64 Å². The molecule has 0 N–H and O–H groups in total. The number of halogens is 2. The first-order valence-electron chi connectivity index (χ1n) is 10.2. The fourth-order valence-electron chi connectivity index (χ4n) is 4.10. The maximum Gasteiger partial charge on any atom is 0.248 e. The van der Waals surface area contributed by atoms with Gasteiger partial charge in [0.2, 0.25) is 11.8 Å². The van der Waals surface area contributed by atoms with Crippen molar-refractivity contribution in [2.45, 2.75) is 43.8 Å². The molecule has 160 valence electrons. The van der Waals surface area contributed by atoms with Crippen molar-refractivity contribution in [3.8, 4) is 11.3 Å². The maximum atomic E-state index is 13.4. The van der Waals surface area contributed by atoms with Crippen LogP contribution in [0.15, 0.2) is 43.4 Å². The van der Waals surface area contributed by atoms with Crippen LogP contribution in [0.25, 0.3) is 11.3 Å². The lowest BCUT2D eigenvalue weighted by Gasteiger charge is -2.29. The van der Waals surface area contributed by atoms with Crippen molar-refractivity contribution < 1.29 is 18.3 Å². The number of hydrogen-bond acceptors (Lipinski definition) is 5. The molecule has 30 heavy (non-hydrogen) atoms. The van der Waals surface area contributed by atoms with E-state index < -0.39 is 5.92 Å². The fourth-order valence-corrected chi connectivity index (χ4v) is 4.10. The number of amides is 1. The largest absolute Gasteiger partial charge is 0.374 e. The van der Waals surface area contributed by atoms with Gasteiger partial charge >= 0.3 is 0 Å². The van der Waals surface area contributed by atoms with Crippen molar-refractivity contribution in [2.75, 3.05) is 19.7 Å². The molecule has 0 aromatic carbocycles. The molecule has 1 saturated heterocycles. The van der Waals surface area contributed by atoms with Crippen LogP contribution in [0, 0.1) is 5.92 Å². The van der Waals surface area contributed by atoms with Gasteiger partial charge in [0.15, 0.2) is 0 Å². The number of hydrogen-bond donors (Lipinski definition) is 0. The highest BCUT2D eigenvalue weighted by Gasteiger charge is 2.39. The fraction of sp³-hybridized carbons (Fsp3) is 0.524. The van der Waals surface area contributed by atoms with Crippen LogP contribution in [-0.4, -0.2) is 62.5 Å². The van der Waals surface area contributed by atoms with E-state index in [9.17, 15) is 13.6 Å². The normalized spacial score (nSPS) is 24.1. The zero-order chi connectivity index (χ0) is 21.1. The van der Waals surface area contributed by atoms with Gasteiger partial charge in [-0.15, -0.1) is 5.10 Å². The van der Waals surface area contributed by atoms with Gasteiger partial charge in [0.25, 0.3) is 0 Å². The molecule has 0 unspecified atom stereocenters. The van der Waals surface area contributed by atoms with Crippen molar-refractivity contribution in [1.82, 2.24) is 24.9 Å². The lowest BCUT2D eigenvalue weighted by Crippen LogP contribution is -2.32. The van der Waals surface area contributed by atoms with Crippen LogP contribution in [0.1, 0.15) is 31.7 Å². The number of pyridine rings is 1. The minimum atomic E-state index is -2.55. The second kappa shape index (κ2) is 8.59. The number of alkyl halides is 2. The maximum absolute atomic E-state index is 13.4. The molecule has 0 spiro atoms. The highest BCUT2D eigenvalue weighted by Crippen LogP contribution is 2.37. The van der Waals surface area contributed by atoms with Crippen LogP contribution in [0.2, 0.25) is 0 Å². The van der Waals surface area contributed by atoms with Crippen LogP contribution < -0.4 is 0 Å².